The van der Waals surface area contributed by atoms with Gasteiger partial charge >= 0.3 is 0 Å². The summed E-state index contributed by atoms with van der Waals surface area (Å²) in [5.74, 6) is 0.119. The largest absolute Gasteiger partial charge is 0.384 e. The van der Waals surface area contributed by atoms with E-state index in [1.807, 2.05) is 0 Å². The fourth-order valence-electron chi connectivity index (χ4n) is 3.82. The van der Waals surface area contributed by atoms with E-state index in [0.29, 0.717) is 18.0 Å². The van der Waals surface area contributed by atoms with Crippen molar-refractivity contribution in [2.75, 3.05) is 26.8 Å². The first-order valence-electron chi connectivity index (χ1n) is 10.1. The molecule has 3 rings (SSSR count). The third-order valence-electron chi connectivity index (χ3n) is 5.45. The van der Waals surface area contributed by atoms with Gasteiger partial charge < -0.3 is 9.30 Å². The van der Waals surface area contributed by atoms with Gasteiger partial charge in [0.05, 0.1) is 30.3 Å². The second-order valence-electron chi connectivity index (χ2n) is 8.00. The van der Waals surface area contributed by atoms with E-state index >= 15 is 0 Å². The van der Waals surface area contributed by atoms with E-state index < -0.39 is 15.1 Å². The molecule has 1 atom stereocenters. The number of hydrogen-bond donors (Lipinski definition) is 0. The SMILES string of the molecule is COCC1CCCN(Cc2cnc(S(=O)(=O)C(C)C)n2Cc2ccccc2F)C1. The second kappa shape index (κ2) is 9.36. The average Bonchev–Trinajstić information content (AvgIpc) is 3.07. The van der Waals surface area contributed by atoms with Crippen molar-refractivity contribution in [3.8, 4) is 0 Å². The van der Waals surface area contributed by atoms with Crippen LogP contribution in [0.5, 0.6) is 0 Å². The van der Waals surface area contributed by atoms with Gasteiger partial charge in [0.15, 0.2) is 0 Å². The fraction of sp³-hybridized carbons (Fsp3) is 0.571. The zero-order valence-corrected chi connectivity index (χ0v) is 18.2. The lowest BCUT2D eigenvalue weighted by atomic mass is 9.99. The summed E-state index contributed by atoms with van der Waals surface area (Å²) >= 11 is 0. The molecule has 160 valence electrons. The summed E-state index contributed by atoms with van der Waals surface area (Å²) in [6.07, 6.45) is 3.83. The van der Waals surface area contributed by atoms with E-state index in [4.69, 9.17) is 4.74 Å². The first-order valence-corrected chi connectivity index (χ1v) is 11.6. The first-order chi connectivity index (χ1) is 13.8. The summed E-state index contributed by atoms with van der Waals surface area (Å²) in [5.41, 5.74) is 1.23. The Morgan fingerprint density at radius 2 is 2.03 bits per heavy atom. The zero-order chi connectivity index (χ0) is 21.0. The Morgan fingerprint density at radius 1 is 1.28 bits per heavy atom. The Balaban J connectivity index is 1.92. The molecule has 1 aromatic heterocycles. The van der Waals surface area contributed by atoms with Crippen LogP contribution in [-0.4, -0.2) is 54.9 Å². The highest BCUT2D eigenvalue weighted by molar-refractivity contribution is 7.91. The number of rotatable bonds is 8. The number of sulfone groups is 1. The van der Waals surface area contributed by atoms with Gasteiger partial charge in [-0.2, -0.15) is 0 Å². The zero-order valence-electron chi connectivity index (χ0n) is 17.3. The molecule has 0 aliphatic carbocycles. The third kappa shape index (κ3) is 5.05. The summed E-state index contributed by atoms with van der Waals surface area (Å²) in [7, 11) is -1.88. The highest BCUT2D eigenvalue weighted by Gasteiger charge is 2.28. The number of likely N-dealkylation sites (tertiary alicyclic amines) is 1. The van der Waals surface area contributed by atoms with Crippen LogP contribution in [0.1, 0.15) is 37.9 Å². The number of piperidine rings is 1. The maximum absolute atomic E-state index is 14.3. The quantitative estimate of drug-likeness (QED) is 0.653. The van der Waals surface area contributed by atoms with Crippen molar-refractivity contribution < 1.29 is 17.5 Å². The molecule has 0 spiro atoms. The Hall–Kier alpha value is -1.77. The van der Waals surface area contributed by atoms with E-state index in [-0.39, 0.29) is 17.5 Å². The summed E-state index contributed by atoms with van der Waals surface area (Å²) in [5, 5.41) is -0.589. The Labute approximate surface area is 172 Å². The Bertz CT molecular complexity index is 925. The smallest absolute Gasteiger partial charge is 0.228 e. The van der Waals surface area contributed by atoms with Crippen LogP contribution in [0.3, 0.4) is 0 Å². The number of benzene rings is 1. The second-order valence-corrected chi connectivity index (χ2v) is 10.4. The highest BCUT2D eigenvalue weighted by Crippen LogP contribution is 2.23. The number of aromatic nitrogens is 2. The van der Waals surface area contributed by atoms with E-state index in [2.05, 4.69) is 9.88 Å². The molecule has 1 saturated heterocycles. The van der Waals surface area contributed by atoms with E-state index in [1.54, 1.807) is 49.9 Å². The monoisotopic (exact) mass is 423 g/mol. The molecule has 0 radical (unpaired) electrons. The molecule has 0 N–H and O–H groups in total. The van der Waals surface area contributed by atoms with Gasteiger partial charge in [-0.05, 0) is 45.2 Å². The van der Waals surface area contributed by atoms with Crippen molar-refractivity contribution in [2.24, 2.45) is 5.92 Å². The van der Waals surface area contributed by atoms with Gasteiger partial charge in [-0.25, -0.2) is 17.8 Å². The molecule has 1 fully saturated rings. The van der Waals surface area contributed by atoms with Crippen LogP contribution in [-0.2, 0) is 27.7 Å². The summed E-state index contributed by atoms with van der Waals surface area (Å²) in [6.45, 7) is 6.54. The molecule has 1 unspecified atom stereocenters. The van der Waals surface area contributed by atoms with Gasteiger partial charge in [0, 0.05) is 25.8 Å². The van der Waals surface area contributed by atoms with Crippen LogP contribution in [0, 0.1) is 11.7 Å². The number of nitrogens with zero attached hydrogens (tertiary/aromatic N) is 3. The molecule has 1 aliphatic rings. The summed E-state index contributed by atoms with van der Waals surface area (Å²) in [4.78, 5) is 6.56. The molecule has 6 nitrogen and oxygen atoms in total. The molecular weight excluding hydrogens is 393 g/mol. The lowest BCUT2D eigenvalue weighted by molar-refractivity contribution is 0.0862. The van der Waals surface area contributed by atoms with Crippen LogP contribution in [0.4, 0.5) is 4.39 Å². The van der Waals surface area contributed by atoms with Crippen molar-refractivity contribution in [1.29, 1.82) is 0 Å². The molecule has 2 aromatic rings. The third-order valence-corrected chi connectivity index (χ3v) is 7.53. The molecule has 0 bridgehead atoms. The number of halogens is 1. The Kier molecular flexibility index (Phi) is 7.08. The highest BCUT2D eigenvalue weighted by atomic mass is 32.2. The van der Waals surface area contributed by atoms with E-state index in [1.165, 1.54) is 6.07 Å². The van der Waals surface area contributed by atoms with Crippen molar-refractivity contribution in [3.05, 3.63) is 47.5 Å². The molecule has 0 saturated carbocycles. The number of methoxy groups -OCH3 is 1. The van der Waals surface area contributed by atoms with Crippen LogP contribution in [0.25, 0.3) is 0 Å². The number of imidazole rings is 1. The topological polar surface area (TPSA) is 64.4 Å². The standard InChI is InChI=1S/C21H30FN3O3S/c1-16(2)29(26,27)21-23-11-19(14-24-10-6-7-17(12-24)15-28-3)25(21)13-18-8-4-5-9-20(18)22/h4-5,8-9,11,16-17H,6-7,10,12-15H2,1-3H3. The Morgan fingerprint density at radius 3 is 2.72 bits per heavy atom. The molecular formula is C21H30FN3O3S. The number of ether oxygens (including phenoxy) is 1. The van der Waals surface area contributed by atoms with E-state index in [0.717, 1.165) is 38.2 Å². The van der Waals surface area contributed by atoms with Gasteiger partial charge in [-0.3, -0.25) is 4.90 Å². The van der Waals surface area contributed by atoms with Gasteiger partial charge in [0.2, 0.25) is 15.0 Å². The molecule has 8 heteroatoms. The minimum atomic E-state index is -3.59. The van der Waals surface area contributed by atoms with Gasteiger partial charge in [0.1, 0.15) is 5.82 Å². The van der Waals surface area contributed by atoms with Crippen LogP contribution < -0.4 is 0 Å². The fourth-order valence-corrected chi connectivity index (χ4v) is 4.93. The molecule has 0 amide bonds. The molecule has 1 aliphatic heterocycles. The predicted molar refractivity (Wildman–Crippen MR) is 110 cm³/mol. The molecule has 29 heavy (non-hydrogen) atoms. The van der Waals surface area contributed by atoms with E-state index in [9.17, 15) is 12.8 Å². The minimum Gasteiger partial charge on any atom is -0.384 e. The lowest BCUT2D eigenvalue weighted by Crippen LogP contribution is -2.37. The van der Waals surface area contributed by atoms with Crippen molar-refractivity contribution >= 4 is 9.84 Å². The lowest BCUT2D eigenvalue weighted by Gasteiger charge is -2.32. The maximum Gasteiger partial charge on any atom is 0.228 e. The van der Waals surface area contributed by atoms with Gasteiger partial charge in [0.25, 0.3) is 0 Å². The van der Waals surface area contributed by atoms with Crippen LogP contribution >= 0.6 is 0 Å². The molecule has 2 heterocycles. The predicted octanol–water partition coefficient (Wildman–Crippen LogP) is 3.11. The average molecular weight is 424 g/mol. The van der Waals surface area contributed by atoms with Crippen LogP contribution in [0.15, 0.2) is 35.6 Å². The normalized spacial score (nSPS) is 18.4. The molecule has 1 aromatic carbocycles. The van der Waals surface area contributed by atoms with Gasteiger partial charge in [-0.1, -0.05) is 18.2 Å². The van der Waals surface area contributed by atoms with Crippen molar-refractivity contribution in [2.45, 2.75) is 50.2 Å². The van der Waals surface area contributed by atoms with Crippen molar-refractivity contribution in [1.82, 2.24) is 14.5 Å². The number of hydrogen-bond acceptors (Lipinski definition) is 5. The maximum atomic E-state index is 14.3. The van der Waals surface area contributed by atoms with Gasteiger partial charge in [-0.15, -0.1) is 0 Å². The first kappa shape index (κ1) is 21.9. The summed E-state index contributed by atoms with van der Waals surface area (Å²) in [6, 6.07) is 6.46. The summed E-state index contributed by atoms with van der Waals surface area (Å²) < 4.78 is 47.0. The van der Waals surface area contributed by atoms with Crippen molar-refractivity contribution in [3.63, 3.8) is 0 Å². The minimum absolute atomic E-state index is 0.0104. The van der Waals surface area contributed by atoms with Crippen LogP contribution in [0.2, 0.25) is 0 Å².